The van der Waals surface area contributed by atoms with E-state index in [1.165, 1.54) is 11.1 Å². The SMILES string of the molecule is CCCCN(C(=O)c1cc(-c2cc3c(cc2C(=O)N2CCc4ccccc4C2)OCO3)n2c1CCCC2)c1ccc(O)cc1. The summed E-state index contributed by atoms with van der Waals surface area (Å²) in [6, 6.07) is 20.8. The first kappa shape index (κ1) is 28.1. The second-order valence-electron chi connectivity index (χ2n) is 11.8. The number of anilines is 1. The fourth-order valence-electron chi connectivity index (χ4n) is 6.70. The summed E-state index contributed by atoms with van der Waals surface area (Å²) < 4.78 is 13.7. The lowest BCUT2D eigenvalue weighted by Gasteiger charge is -2.30. The zero-order valence-corrected chi connectivity index (χ0v) is 25.1. The van der Waals surface area contributed by atoms with Crippen LogP contribution in [0.4, 0.5) is 5.69 Å². The molecule has 0 bridgehead atoms. The molecule has 0 aliphatic carbocycles. The van der Waals surface area contributed by atoms with Gasteiger partial charge in [-0.25, -0.2) is 0 Å². The van der Waals surface area contributed by atoms with Gasteiger partial charge in [0.15, 0.2) is 11.5 Å². The first-order chi connectivity index (χ1) is 21.5. The first-order valence-electron chi connectivity index (χ1n) is 15.6. The van der Waals surface area contributed by atoms with Gasteiger partial charge in [-0.15, -0.1) is 0 Å². The summed E-state index contributed by atoms with van der Waals surface area (Å²) in [7, 11) is 0. The molecule has 8 heteroatoms. The molecule has 2 amide bonds. The van der Waals surface area contributed by atoms with Crippen LogP contribution in [0, 0.1) is 0 Å². The second-order valence-corrected chi connectivity index (χ2v) is 11.8. The van der Waals surface area contributed by atoms with E-state index in [0.717, 1.165) is 67.7 Å². The predicted octanol–water partition coefficient (Wildman–Crippen LogP) is 6.57. The zero-order chi connectivity index (χ0) is 30.2. The molecular weight excluding hydrogens is 554 g/mol. The molecule has 0 radical (unpaired) electrons. The summed E-state index contributed by atoms with van der Waals surface area (Å²) in [5.74, 6) is 1.21. The molecule has 226 valence electrons. The molecule has 1 aromatic heterocycles. The van der Waals surface area contributed by atoms with Gasteiger partial charge < -0.3 is 28.9 Å². The Morgan fingerprint density at radius 2 is 1.66 bits per heavy atom. The van der Waals surface area contributed by atoms with Crippen LogP contribution in [0.15, 0.2) is 66.7 Å². The molecule has 4 heterocycles. The van der Waals surface area contributed by atoms with Crippen molar-refractivity contribution in [3.8, 4) is 28.5 Å². The van der Waals surface area contributed by atoms with Crippen LogP contribution in [0.2, 0.25) is 0 Å². The van der Waals surface area contributed by atoms with Gasteiger partial charge in [-0.2, -0.15) is 0 Å². The highest BCUT2D eigenvalue weighted by Gasteiger charge is 2.32. The van der Waals surface area contributed by atoms with E-state index in [2.05, 4.69) is 23.6 Å². The molecule has 0 saturated heterocycles. The third-order valence-corrected chi connectivity index (χ3v) is 9.06. The molecule has 4 aromatic rings. The number of unbranched alkanes of at least 4 members (excludes halogenated alkanes) is 1. The van der Waals surface area contributed by atoms with Crippen LogP contribution in [-0.2, 0) is 25.9 Å². The van der Waals surface area contributed by atoms with Gasteiger partial charge in [0.05, 0.1) is 11.1 Å². The molecule has 3 aliphatic rings. The third-order valence-electron chi connectivity index (χ3n) is 9.06. The number of ether oxygens (including phenoxy) is 2. The van der Waals surface area contributed by atoms with E-state index in [-0.39, 0.29) is 24.4 Å². The van der Waals surface area contributed by atoms with Crippen molar-refractivity contribution in [1.82, 2.24) is 9.47 Å². The largest absolute Gasteiger partial charge is 0.508 e. The maximum absolute atomic E-state index is 14.4. The number of carbonyl (C=O) groups excluding carboxylic acids is 2. The van der Waals surface area contributed by atoms with Crippen LogP contribution in [-0.4, -0.2) is 46.3 Å². The smallest absolute Gasteiger partial charge is 0.260 e. The molecule has 7 rings (SSSR count). The molecule has 0 atom stereocenters. The lowest BCUT2D eigenvalue weighted by Crippen LogP contribution is -2.36. The number of phenols is 1. The lowest BCUT2D eigenvalue weighted by atomic mass is 9.97. The molecule has 3 aromatic carbocycles. The summed E-state index contributed by atoms with van der Waals surface area (Å²) in [6.45, 7) is 4.75. The van der Waals surface area contributed by atoms with Gasteiger partial charge in [-0.3, -0.25) is 9.59 Å². The molecule has 1 N–H and O–H groups in total. The number of nitrogens with zero attached hydrogens (tertiary/aromatic N) is 3. The number of benzene rings is 3. The van der Waals surface area contributed by atoms with Crippen LogP contribution in [0.5, 0.6) is 17.2 Å². The fraction of sp³-hybridized carbons (Fsp3) is 0.333. The summed E-state index contributed by atoms with van der Waals surface area (Å²) in [5.41, 5.74) is 7.03. The number of phenolic OH excluding ortho intramolecular Hbond substituents is 1. The van der Waals surface area contributed by atoms with Crippen LogP contribution in [0.25, 0.3) is 11.3 Å². The van der Waals surface area contributed by atoms with Crippen LogP contribution < -0.4 is 14.4 Å². The number of amides is 2. The Labute approximate surface area is 257 Å². The van der Waals surface area contributed by atoms with E-state index < -0.39 is 0 Å². The molecular formula is C36H37N3O5. The van der Waals surface area contributed by atoms with E-state index in [1.54, 1.807) is 24.3 Å². The Bertz CT molecular complexity index is 1720. The lowest BCUT2D eigenvalue weighted by molar-refractivity contribution is 0.0734. The number of hydrogen-bond acceptors (Lipinski definition) is 5. The average Bonchev–Trinajstić information content (AvgIpc) is 3.69. The van der Waals surface area contributed by atoms with Crippen LogP contribution in [0.3, 0.4) is 0 Å². The van der Waals surface area contributed by atoms with Gasteiger partial charge in [0.1, 0.15) is 5.75 Å². The minimum atomic E-state index is -0.0673. The normalized spacial score (nSPS) is 15.1. The van der Waals surface area contributed by atoms with Crippen LogP contribution in [0.1, 0.15) is 70.1 Å². The highest BCUT2D eigenvalue weighted by atomic mass is 16.7. The average molecular weight is 592 g/mol. The van der Waals surface area contributed by atoms with Crippen molar-refractivity contribution in [2.24, 2.45) is 0 Å². The monoisotopic (exact) mass is 591 g/mol. The number of aromatic hydroxyl groups is 1. The Morgan fingerprint density at radius 1 is 0.886 bits per heavy atom. The summed E-state index contributed by atoms with van der Waals surface area (Å²) in [5, 5.41) is 9.88. The molecule has 0 fully saturated rings. The van der Waals surface area contributed by atoms with E-state index >= 15 is 0 Å². The number of fused-ring (bicyclic) bond motifs is 3. The van der Waals surface area contributed by atoms with Crippen LogP contribution >= 0.6 is 0 Å². The predicted molar refractivity (Wildman–Crippen MR) is 169 cm³/mol. The van der Waals surface area contributed by atoms with Gasteiger partial charge in [0, 0.05) is 48.8 Å². The van der Waals surface area contributed by atoms with E-state index in [4.69, 9.17) is 9.47 Å². The van der Waals surface area contributed by atoms with Crippen molar-refractivity contribution < 1.29 is 24.2 Å². The van der Waals surface area contributed by atoms with E-state index in [9.17, 15) is 14.7 Å². The Kier molecular flexibility index (Phi) is 7.50. The molecule has 3 aliphatic heterocycles. The first-order valence-corrected chi connectivity index (χ1v) is 15.6. The molecule has 8 nitrogen and oxygen atoms in total. The van der Waals surface area contributed by atoms with Gasteiger partial charge in [0.25, 0.3) is 11.8 Å². The number of carbonyl (C=O) groups is 2. The minimum Gasteiger partial charge on any atom is -0.508 e. The zero-order valence-electron chi connectivity index (χ0n) is 25.1. The molecule has 0 saturated carbocycles. The van der Waals surface area contributed by atoms with Crippen molar-refractivity contribution in [3.05, 3.63) is 94.7 Å². The van der Waals surface area contributed by atoms with Crippen molar-refractivity contribution in [2.75, 3.05) is 24.8 Å². The third kappa shape index (κ3) is 5.08. The molecule has 44 heavy (non-hydrogen) atoms. The quantitative estimate of drug-likeness (QED) is 0.263. The Hall–Kier alpha value is -4.72. The highest BCUT2D eigenvalue weighted by Crippen LogP contribution is 2.42. The summed E-state index contributed by atoms with van der Waals surface area (Å²) >= 11 is 0. The van der Waals surface area contributed by atoms with Gasteiger partial charge in [-0.05, 0) is 85.7 Å². The van der Waals surface area contributed by atoms with Gasteiger partial charge in [0.2, 0.25) is 6.79 Å². The maximum atomic E-state index is 14.4. The molecule has 0 spiro atoms. The second kappa shape index (κ2) is 11.8. The fourth-order valence-corrected chi connectivity index (χ4v) is 6.70. The Morgan fingerprint density at radius 3 is 2.45 bits per heavy atom. The van der Waals surface area contributed by atoms with Gasteiger partial charge in [-0.1, -0.05) is 37.6 Å². The van der Waals surface area contributed by atoms with Crippen molar-refractivity contribution in [3.63, 3.8) is 0 Å². The number of rotatable bonds is 7. The number of hydrogen-bond donors (Lipinski definition) is 1. The van der Waals surface area contributed by atoms with Crippen molar-refractivity contribution in [2.45, 2.75) is 58.5 Å². The maximum Gasteiger partial charge on any atom is 0.260 e. The van der Waals surface area contributed by atoms with Gasteiger partial charge >= 0.3 is 0 Å². The van der Waals surface area contributed by atoms with Crippen molar-refractivity contribution >= 4 is 17.5 Å². The van der Waals surface area contributed by atoms with E-state index in [1.807, 2.05) is 40.1 Å². The minimum absolute atomic E-state index is 0.0549. The summed E-state index contributed by atoms with van der Waals surface area (Å²) in [4.78, 5) is 32.4. The highest BCUT2D eigenvalue weighted by molar-refractivity contribution is 6.09. The standard InChI is InChI=1S/C36H37N3O5/c1-2-3-16-38(26-11-13-27(40)14-12-26)36(42)30-19-32(39-17-7-6-10-31(30)39)28-20-33-34(44-23-43-33)21-29(28)35(41)37-18-15-24-8-4-5-9-25(24)22-37/h4-5,8-9,11-14,19-21,40H,2-3,6-7,10,15-18,22-23H2,1H3. The van der Waals surface area contributed by atoms with Crippen molar-refractivity contribution in [1.29, 1.82) is 0 Å². The summed E-state index contributed by atoms with van der Waals surface area (Å²) in [6.07, 6.45) is 5.40. The molecule has 0 unspecified atom stereocenters. The topological polar surface area (TPSA) is 84.2 Å². The Balaban J connectivity index is 1.31. The van der Waals surface area contributed by atoms with E-state index in [0.29, 0.717) is 42.3 Å². The number of aromatic nitrogens is 1.